The average molecular weight is 538 g/mol. The van der Waals surface area contributed by atoms with Crippen LogP contribution in [0.15, 0.2) is 82.5 Å². The smallest absolute Gasteiger partial charge is 0.242 e. The first-order valence-electron chi connectivity index (χ1n) is 11.1. The predicted molar refractivity (Wildman–Crippen MR) is 143 cm³/mol. The van der Waals surface area contributed by atoms with E-state index in [0.717, 1.165) is 16.8 Å². The van der Waals surface area contributed by atoms with E-state index in [-0.39, 0.29) is 18.1 Å². The summed E-state index contributed by atoms with van der Waals surface area (Å²) < 4.78 is 13.6. The number of piperidine rings is 1. The zero-order chi connectivity index (χ0) is 25.3. The number of ketones is 1. The average Bonchev–Trinajstić information content (AvgIpc) is 3.41. The molecule has 2 N–H and O–H groups in total. The number of rotatable bonds is 6. The lowest BCUT2D eigenvalue weighted by atomic mass is 9.77. The Labute approximate surface area is 221 Å². The number of nitrogens with zero attached hydrogens (tertiary/aromatic N) is 1. The molecule has 0 radical (unpaired) electrons. The molecule has 5 nitrogen and oxygen atoms in total. The molecule has 4 aromatic rings. The predicted octanol–water partition coefficient (Wildman–Crippen LogP) is 6.48. The van der Waals surface area contributed by atoms with Gasteiger partial charge >= 0.3 is 0 Å². The minimum absolute atomic E-state index is 0.0955. The number of thiophene rings is 1. The van der Waals surface area contributed by atoms with Gasteiger partial charge in [-0.3, -0.25) is 9.59 Å². The highest BCUT2D eigenvalue weighted by Gasteiger charge is 2.47. The van der Waals surface area contributed by atoms with Gasteiger partial charge in [-0.15, -0.1) is 11.8 Å². The molecule has 0 spiro atoms. The molecule has 0 bridgehead atoms. The van der Waals surface area contributed by atoms with E-state index in [9.17, 15) is 14.0 Å². The van der Waals surface area contributed by atoms with Gasteiger partial charge < -0.3 is 10.6 Å². The van der Waals surface area contributed by atoms with Crippen LogP contribution in [0.3, 0.4) is 0 Å². The summed E-state index contributed by atoms with van der Waals surface area (Å²) >= 11 is 8.95. The Kier molecular flexibility index (Phi) is 6.83. The van der Waals surface area contributed by atoms with Crippen LogP contribution in [0.1, 0.15) is 23.1 Å². The fraction of sp³-hybridized carbons (Fsp3) is 0.148. The number of benzene rings is 2. The van der Waals surface area contributed by atoms with Crippen molar-refractivity contribution in [3.8, 4) is 0 Å². The second kappa shape index (κ2) is 10.0. The SMILES string of the molecule is Cc1cc(Nc2cccc(C3(c4ccsc4)CC(=O)C(Sc4ccccc4Cl)C(=O)N3)c2)cnc1F. The fourth-order valence-electron chi connectivity index (χ4n) is 4.28. The molecule has 9 heteroatoms. The number of hydrogen-bond donors (Lipinski definition) is 2. The number of Topliss-reactive ketones (excluding diaryl/α,β-unsaturated/α-hetero) is 1. The van der Waals surface area contributed by atoms with Gasteiger partial charge in [0.2, 0.25) is 11.9 Å². The summed E-state index contributed by atoms with van der Waals surface area (Å²) in [6.07, 6.45) is 1.52. The van der Waals surface area contributed by atoms with Gasteiger partial charge in [-0.2, -0.15) is 15.7 Å². The summed E-state index contributed by atoms with van der Waals surface area (Å²) in [6.45, 7) is 1.65. The lowest BCUT2D eigenvalue weighted by Gasteiger charge is -2.40. The Morgan fingerprint density at radius 2 is 1.94 bits per heavy atom. The molecule has 0 aliphatic carbocycles. The second-order valence-corrected chi connectivity index (χ2v) is 10.8. The lowest BCUT2D eigenvalue weighted by molar-refractivity contribution is -0.132. The first-order chi connectivity index (χ1) is 17.4. The fourth-order valence-corrected chi connectivity index (χ4v) is 6.26. The van der Waals surface area contributed by atoms with Crippen LogP contribution < -0.4 is 10.6 Å². The highest BCUT2D eigenvalue weighted by atomic mass is 35.5. The first-order valence-corrected chi connectivity index (χ1v) is 13.3. The number of halogens is 2. The Balaban J connectivity index is 1.48. The topological polar surface area (TPSA) is 71.1 Å². The van der Waals surface area contributed by atoms with Crippen molar-refractivity contribution < 1.29 is 14.0 Å². The van der Waals surface area contributed by atoms with Gasteiger partial charge in [0.15, 0.2) is 5.78 Å². The van der Waals surface area contributed by atoms with Crippen molar-refractivity contribution in [2.45, 2.75) is 29.0 Å². The molecule has 1 fully saturated rings. The molecule has 182 valence electrons. The molecule has 36 heavy (non-hydrogen) atoms. The summed E-state index contributed by atoms with van der Waals surface area (Å²) in [5.41, 5.74) is 2.38. The minimum Gasteiger partial charge on any atom is -0.354 e. The molecule has 2 aromatic heterocycles. The number of carbonyl (C=O) groups is 2. The van der Waals surface area contributed by atoms with Gasteiger partial charge in [-0.1, -0.05) is 35.9 Å². The molecule has 1 aliphatic rings. The maximum absolute atomic E-state index is 13.6. The summed E-state index contributed by atoms with van der Waals surface area (Å²) in [7, 11) is 0. The number of thioether (sulfide) groups is 1. The van der Waals surface area contributed by atoms with Crippen molar-refractivity contribution in [2.75, 3.05) is 5.32 Å². The van der Waals surface area contributed by atoms with Crippen LogP contribution in [-0.2, 0) is 15.1 Å². The van der Waals surface area contributed by atoms with Gasteiger partial charge in [-0.05, 0) is 65.2 Å². The molecular weight excluding hydrogens is 517 g/mol. The van der Waals surface area contributed by atoms with Crippen molar-refractivity contribution in [1.82, 2.24) is 10.3 Å². The van der Waals surface area contributed by atoms with Gasteiger partial charge in [0.25, 0.3) is 0 Å². The number of carbonyl (C=O) groups excluding carboxylic acids is 2. The molecular formula is C27H21ClFN3O2S2. The molecule has 1 saturated heterocycles. The molecule has 0 saturated carbocycles. The van der Waals surface area contributed by atoms with Crippen LogP contribution in [0.25, 0.3) is 0 Å². The third-order valence-electron chi connectivity index (χ3n) is 6.06. The summed E-state index contributed by atoms with van der Waals surface area (Å²) in [4.78, 5) is 31.3. The van der Waals surface area contributed by atoms with E-state index in [1.54, 1.807) is 31.2 Å². The van der Waals surface area contributed by atoms with E-state index in [4.69, 9.17) is 11.6 Å². The van der Waals surface area contributed by atoms with E-state index < -0.39 is 16.7 Å². The van der Waals surface area contributed by atoms with Crippen molar-refractivity contribution in [3.05, 3.63) is 105 Å². The number of aromatic nitrogens is 1. The largest absolute Gasteiger partial charge is 0.354 e. The Morgan fingerprint density at radius 3 is 2.67 bits per heavy atom. The van der Waals surface area contributed by atoms with E-state index in [1.807, 2.05) is 47.2 Å². The second-order valence-electron chi connectivity index (χ2n) is 8.52. The molecule has 3 heterocycles. The number of pyridine rings is 1. The number of amides is 1. The monoisotopic (exact) mass is 537 g/mol. The molecule has 1 aliphatic heterocycles. The van der Waals surface area contributed by atoms with Gasteiger partial charge in [0, 0.05) is 22.6 Å². The zero-order valence-electron chi connectivity index (χ0n) is 19.1. The van der Waals surface area contributed by atoms with Crippen LogP contribution in [0.4, 0.5) is 15.8 Å². The van der Waals surface area contributed by atoms with Crippen LogP contribution in [-0.4, -0.2) is 21.9 Å². The maximum Gasteiger partial charge on any atom is 0.242 e. The van der Waals surface area contributed by atoms with Crippen LogP contribution in [0.5, 0.6) is 0 Å². The van der Waals surface area contributed by atoms with Gasteiger partial charge in [0.1, 0.15) is 5.25 Å². The number of nitrogens with one attached hydrogen (secondary N) is 2. The van der Waals surface area contributed by atoms with Crippen molar-refractivity contribution in [2.24, 2.45) is 0 Å². The zero-order valence-corrected chi connectivity index (χ0v) is 21.5. The van der Waals surface area contributed by atoms with E-state index in [0.29, 0.717) is 21.2 Å². The number of hydrogen-bond acceptors (Lipinski definition) is 6. The summed E-state index contributed by atoms with van der Waals surface area (Å²) in [5.74, 6) is -1.05. The van der Waals surface area contributed by atoms with E-state index in [2.05, 4.69) is 15.6 Å². The van der Waals surface area contributed by atoms with Gasteiger partial charge in [-0.25, -0.2) is 4.98 Å². The van der Waals surface area contributed by atoms with Crippen molar-refractivity contribution in [1.29, 1.82) is 0 Å². The third kappa shape index (κ3) is 4.76. The number of aryl methyl sites for hydroxylation is 1. The molecule has 2 aromatic carbocycles. The maximum atomic E-state index is 13.6. The Morgan fingerprint density at radius 1 is 1.11 bits per heavy atom. The van der Waals surface area contributed by atoms with Crippen LogP contribution >= 0.6 is 34.7 Å². The summed E-state index contributed by atoms with van der Waals surface area (Å²) in [5, 5.41) is 9.89. The van der Waals surface area contributed by atoms with Crippen molar-refractivity contribution in [3.63, 3.8) is 0 Å². The summed E-state index contributed by atoms with van der Waals surface area (Å²) in [6, 6.07) is 18.3. The highest BCUT2D eigenvalue weighted by Crippen LogP contribution is 2.42. The van der Waals surface area contributed by atoms with Gasteiger partial charge in [0.05, 0.1) is 22.4 Å². The highest BCUT2D eigenvalue weighted by molar-refractivity contribution is 8.01. The Bertz CT molecular complexity index is 1430. The first kappa shape index (κ1) is 24.5. The van der Waals surface area contributed by atoms with Crippen LogP contribution in [0, 0.1) is 12.9 Å². The third-order valence-corrected chi connectivity index (χ3v) is 8.51. The molecule has 2 atom stereocenters. The number of anilines is 2. The molecule has 2 unspecified atom stereocenters. The quantitative estimate of drug-likeness (QED) is 0.217. The normalized spacial score (nSPS) is 19.7. The lowest BCUT2D eigenvalue weighted by Crippen LogP contribution is -2.57. The Hall–Kier alpha value is -3.20. The van der Waals surface area contributed by atoms with Crippen LogP contribution in [0.2, 0.25) is 5.02 Å². The van der Waals surface area contributed by atoms with E-state index in [1.165, 1.54) is 29.3 Å². The van der Waals surface area contributed by atoms with E-state index >= 15 is 0 Å². The van der Waals surface area contributed by atoms with Crippen molar-refractivity contribution >= 4 is 57.8 Å². The standard InChI is InChI=1S/C27H21ClFN3O2S2/c1-16-11-20(14-30-25(16)29)31-19-6-4-5-17(12-19)27(18-9-10-35-15-18)13-22(33)24(26(34)32-27)36-23-8-3-2-7-21(23)28/h2-12,14-15,24,31H,13H2,1H3,(H,32,34). The molecule has 1 amide bonds. The minimum atomic E-state index is -1.01. The molecule has 5 rings (SSSR count).